The topological polar surface area (TPSA) is 46.2 Å². The largest absolute Gasteiger partial charge is 0.240 e. The second-order valence-electron chi connectivity index (χ2n) is 5.96. The Labute approximate surface area is 129 Å². The summed E-state index contributed by atoms with van der Waals surface area (Å²) in [6.07, 6.45) is 5.25. The Morgan fingerprint density at radius 1 is 1.19 bits per heavy atom. The van der Waals surface area contributed by atoms with Crippen LogP contribution in [0.4, 0.5) is 0 Å². The lowest BCUT2D eigenvalue weighted by Crippen LogP contribution is -2.25. The summed E-state index contributed by atoms with van der Waals surface area (Å²) in [7, 11) is -3.37. The SMILES string of the molecule is CC(C)=CCC[C@H](C)CCNS(=O)(=O)c1ccc(C)cc1. The number of aryl methyl sites for hydroxylation is 1. The lowest BCUT2D eigenvalue weighted by atomic mass is 10.0. The summed E-state index contributed by atoms with van der Waals surface area (Å²) in [5.41, 5.74) is 2.39. The maximum absolute atomic E-state index is 12.1. The van der Waals surface area contributed by atoms with Gasteiger partial charge in [0.05, 0.1) is 4.90 Å². The predicted octanol–water partition coefficient (Wildman–Crippen LogP) is 4.05. The Bertz CT molecular complexity index is 555. The van der Waals surface area contributed by atoms with Crippen LogP contribution in [0.15, 0.2) is 40.8 Å². The maximum atomic E-state index is 12.1. The summed E-state index contributed by atoms with van der Waals surface area (Å²) >= 11 is 0. The predicted molar refractivity (Wildman–Crippen MR) is 88.8 cm³/mol. The summed E-state index contributed by atoms with van der Waals surface area (Å²) in [4.78, 5) is 0.338. The molecule has 4 heteroatoms. The molecule has 118 valence electrons. The van der Waals surface area contributed by atoms with Crippen molar-refractivity contribution >= 4 is 10.0 Å². The first kappa shape index (κ1) is 17.9. The lowest BCUT2D eigenvalue weighted by Gasteiger charge is -2.11. The molecule has 1 atom stereocenters. The molecule has 0 saturated carbocycles. The molecule has 0 heterocycles. The molecule has 1 aromatic carbocycles. The first-order valence-corrected chi connectivity index (χ1v) is 8.99. The van der Waals surface area contributed by atoms with Gasteiger partial charge in [-0.05, 0) is 58.1 Å². The van der Waals surface area contributed by atoms with E-state index in [1.54, 1.807) is 12.1 Å². The van der Waals surface area contributed by atoms with E-state index >= 15 is 0 Å². The van der Waals surface area contributed by atoms with Gasteiger partial charge in [-0.3, -0.25) is 0 Å². The Morgan fingerprint density at radius 2 is 1.81 bits per heavy atom. The van der Waals surface area contributed by atoms with E-state index in [1.807, 2.05) is 19.1 Å². The molecule has 0 spiro atoms. The van der Waals surface area contributed by atoms with E-state index < -0.39 is 10.0 Å². The van der Waals surface area contributed by atoms with Crippen LogP contribution in [0, 0.1) is 12.8 Å². The monoisotopic (exact) mass is 309 g/mol. The second kappa shape index (κ2) is 8.35. The van der Waals surface area contributed by atoms with Crippen molar-refractivity contribution < 1.29 is 8.42 Å². The van der Waals surface area contributed by atoms with E-state index in [0.717, 1.165) is 24.8 Å². The zero-order chi connectivity index (χ0) is 15.9. The molecule has 0 saturated heterocycles. The second-order valence-corrected chi connectivity index (χ2v) is 7.73. The fourth-order valence-corrected chi connectivity index (χ4v) is 3.09. The first-order chi connectivity index (χ1) is 9.81. The van der Waals surface area contributed by atoms with Gasteiger partial charge in [0.25, 0.3) is 0 Å². The average molecular weight is 309 g/mol. The normalized spacial score (nSPS) is 13.0. The number of rotatable bonds is 8. The van der Waals surface area contributed by atoms with Crippen molar-refractivity contribution in [2.75, 3.05) is 6.54 Å². The zero-order valence-electron chi connectivity index (χ0n) is 13.5. The third-order valence-corrected chi connectivity index (χ3v) is 4.95. The third kappa shape index (κ3) is 6.91. The number of nitrogens with one attached hydrogen (secondary N) is 1. The Morgan fingerprint density at radius 3 is 2.38 bits per heavy atom. The van der Waals surface area contributed by atoms with Crippen molar-refractivity contribution in [1.82, 2.24) is 4.72 Å². The standard InChI is InChI=1S/C17H27NO2S/c1-14(2)6-5-7-15(3)12-13-18-21(19,20)17-10-8-16(4)9-11-17/h6,8-11,15,18H,5,7,12-13H2,1-4H3/t15-/m0/s1. The van der Waals surface area contributed by atoms with Crippen molar-refractivity contribution in [3.63, 3.8) is 0 Å². The van der Waals surface area contributed by atoms with Gasteiger partial charge in [-0.15, -0.1) is 0 Å². The summed E-state index contributed by atoms with van der Waals surface area (Å²) in [6, 6.07) is 6.93. The highest BCUT2D eigenvalue weighted by Crippen LogP contribution is 2.13. The molecule has 1 N–H and O–H groups in total. The lowest BCUT2D eigenvalue weighted by molar-refractivity contribution is 0.490. The van der Waals surface area contributed by atoms with Gasteiger partial charge < -0.3 is 0 Å². The van der Waals surface area contributed by atoms with Gasteiger partial charge in [-0.1, -0.05) is 36.3 Å². The van der Waals surface area contributed by atoms with Crippen LogP contribution in [-0.4, -0.2) is 15.0 Å². The molecule has 1 rings (SSSR count). The summed E-state index contributed by atoms with van der Waals surface area (Å²) in [5.74, 6) is 0.515. The van der Waals surface area contributed by atoms with Crippen LogP contribution in [0.1, 0.15) is 45.6 Å². The molecule has 21 heavy (non-hydrogen) atoms. The van der Waals surface area contributed by atoms with Gasteiger partial charge in [-0.25, -0.2) is 13.1 Å². The highest BCUT2D eigenvalue weighted by molar-refractivity contribution is 7.89. The third-order valence-electron chi connectivity index (χ3n) is 3.47. The summed E-state index contributed by atoms with van der Waals surface area (Å²) < 4.78 is 26.9. The van der Waals surface area contributed by atoms with Crippen LogP contribution in [0.3, 0.4) is 0 Å². The average Bonchev–Trinajstić information content (AvgIpc) is 2.38. The molecular formula is C17H27NO2S. The fraction of sp³-hybridized carbons (Fsp3) is 0.529. The van der Waals surface area contributed by atoms with Gasteiger partial charge in [0.2, 0.25) is 10.0 Å². The van der Waals surface area contributed by atoms with Crippen molar-refractivity contribution in [3.05, 3.63) is 41.5 Å². The molecule has 3 nitrogen and oxygen atoms in total. The fourth-order valence-electron chi connectivity index (χ4n) is 2.04. The number of hydrogen-bond acceptors (Lipinski definition) is 2. The molecule has 0 fully saturated rings. The van der Waals surface area contributed by atoms with Gasteiger partial charge in [0.1, 0.15) is 0 Å². The molecule has 0 bridgehead atoms. The number of allylic oxidation sites excluding steroid dienone is 2. The Hall–Kier alpha value is -1.13. The summed E-state index contributed by atoms with van der Waals surface area (Å²) in [6.45, 7) is 8.80. The van der Waals surface area contributed by atoms with Gasteiger partial charge in [0.15, 0.2) is 0 Å². The maximum Gasteiger partial charge on any atom is 0.240 e. The van der Waals surface area contributed by atoms with Crippen molar-refractivity contribution in [3.8, 4) is 0 Å². The summed E-state index contributed by atoms with van der Waals surface area (Å²) in [5, 5.41) is 0. The minimum Gasteiger partial charge on any atom is -0.211 e. The van der Waals surface area contributed by atoms with Crippen LogP contribution in [0.5, 0.6) is 0 Å². The van der Waals surface area contributed by atoms with E-state index in [2.05, 4.69) is 31.6 Å². The molecule has 0 aliphatic heterocycles. The number of hydrogen-bond donors (Lipinski definition) is 1. The molecule has 0 aliphatic carbocycles. The van der Waals surface area contributed by atoms with Crippen molar-refractivity contribution in [1.29, 1.82) is 0 Å². The molecule has 0 aromatic heterocycles. The first-order valence-electron chi connectivity index (χ1n) is 7.51. The quantitative estimate of drug-likeness (QED) is 0.736. The molecule has 0 amide bonds. The molecular weight excluding hydrogens is 282 g/mol. The molecule has 0 unspecified atom stereocenters. The number of benzene rings is 1. The van der Waals surface area contributed by atoms with Crippen LogP contribution in [-0.2, 0) is 10.0 Å². The van der Waals surface area contributed by atoms with Crippen LogP contribution < -0.4 is 4.72 Å². The smallest absolute Gasteiger partial charge is 0.211 e. The molecule has 0 radical (unpaired) electrons. The van der Waals surface area contributed by atoms with Crippen LogP contribution in [0.25, 0.3) is 0 Å². The van der Waals surface area contributed by atoms with E-state index in [4.69, 9.17) is 0 Å². The highest BCUT2D eigenvalue weighted by atomic mass is 32.2. The Balaban J connectivity index is 2.40. The van der Waals surface area contributed by atoms with E-state index in [1.165, 1.54) is 5.57 Å². The Kier molecular flexibility index (Phi) is 7.12. The van der Waals surface area contributed by atoms with Crippen molar-refractivity contribution in [2.45, 2.75) is 51.9 Å². The molecule has 1 aromatic rings. The van der Waals surface area contributed by atoms with Crippen LogP contribution in [0.2, 0.25) is 0 Å². The van der Waals surface area contributed by atoms with Gasteiger partial charge in [0, 0.05) is 6.54 Å². The van der Waals surface area contributed by atoms with Gasteiger partial charge >= 0.3 is 0 Å². The van der Waals surface area contributed by atoms with Crippen molar-refractivity contribution in [2.24, 2.45) is 5.92 Å². The van der Waals surface area contributed by atoms with Crippen LogP contribution >= 0.6 is 0 Å². The highest BCUT2D eigenvalue weighted by Gasteiger charge is 2.13. The van der Waals surface area contributed by atoms with Gasteiger partial charge in [-0.2, -0.15) is 0 Å². The minimum atomic E-state index is -3.37. The molecule has 0 aliphatic rings. The van der Waals surface area contributed by atoms with E-state index in [9.17, 15) is 8.42 Å². The van der Waals surface area contributed by atoms with E-state index in [-0.39, 0.29) is 0 Å². The minimum absolute atomic E-state index is 0.338. The number of sulfonamides is 1. The van der Waals surface area contributed by atoms with E-state index in [0.29, 0.717) is 17.4 Å². The zero-order valence-corrected chi connectivity index (χ0v) is 14.3.